The monoisotopic (exact) mass is 398 g/mol. The molecule has 0 atom stereocenters. The van der Waals surface area contributed by atoms with Crippen LogP contribution in [0.5, 0.6) is 0 Å². The standard InChI is InChI=1S/C20H12Cl2N2O3/c1-11-17(18(24-27-11)13-5-3-2-4-6-13)19-23-16(20(25)26-19)10-12-7-8-14(21)15(22)9-12/h2-10H,1H3/b16-10-. The van der Waals surface area contributed by atoms with Crippen LogP contribution in [0.3, 0.4) is 0 Å². The summed E-state index contributed by atoms with van der Waals surface area (Å²) in [5.41, 5.74) is 2.79. The van der Waals surface area contributed by atoms with Crippen LogP contribution < -0.4 is 0 Å². The number of carbonyl (C=O) groups excluding carboxylic acids is 1. The maximum atomic E-state index is 12.3. The molecule has 0 N–H and O–H groups in total. The van der Waals surface area contributed by atoms with E-state index in [1.54, 1.807) is 31.2 Å². The van der Waals surface area contributed by atoms with Crippen LogP contribution in [0.4, 0.5) is 0 Å². The van der Waals surface area contributed by atoms with E-state index in [2.05, 4.69) is 10.1 Å². The van der Waals surface area contributed by atoms with Gasteiger partial charge in [0.25, 0.3) is 0 Å². The van der Waals surface area contributed by atoms with Crippen LogP contribution in [0.25, 0.3) is 17.3 Å². The summed E-state index contributed by atoms with van der Waals surface area (Å²) in [5, 5.41) is 4.91. The van der Waals surface area contributed by atoms with Crippen LogP contribution >= 0.6 is 23.2 Å². The predicted molar refractivity (Wildman–Crippen MR) is 104 cm³/mol. The van der Waals surface area contributed by atoms with Crippen molar-refractivity contribution in [1.29, 1.82) is 0 Å². The minimum Gasteiger partial charge on any atom is -0.402 e. The van der Waals surface area contributed by atoms with Gasteiger partial charge in [-0.05, 0) is 30.7 Å². The fourth-order valence-corrected chi connectivity index (χ4v) is 3.00. The Morgan fingerprint density at radius 3 is 2.56 bits per heavy atom. The Bertz CT molecular complexity index is 1100. The molecule has 134 valence electrons. The van der Waals surface area contributed by atoms with Crippen molar-refractivity contribution in [2.24, 2.45) is 4.99 Å². The zero-order valence-corrected chi connectivity index (χ0v) is 15.6. The van der Waals surface area contributed by atoms with E-state index in [1.165, 1.54) is 0 Å². The van der Waals surface area contributed by atoms with E-state index in [0.29, 0.717) is 32.6 Å². The highest BCUT2D eigenvalue weighted by Gasteiger charge is 2.30. The maximum absolute atomic E-state index is 12.3. The van der Waals surface area contributed by atoms with Crippen molar-refractivity contribution in [1.82, 2.24) is 5.16 Å². The van der Waals surface area contributed by atoms with Crippen molar-refractivity contribution in [2.45, 2.75) is 6.92 Å². The van der Waals surface area contributed by atoms with Gasteiger partial charge < -0.3 is 9.26 Å². The van der Waals surface area contributed by atoms with E-state index >= 15 is 0 Å². The number of hydrogen-bond donors (Lipinski definition) is 0. The molecule has 0 saturated carbocycles. The highest BCUT2D eigenvalue weighted by molar-refractivity contribution is 6.42. The van der Waals surface area contributed by atoms with Crippen molar-refractivity contribution in [3.05, 3.63) is 81.2 Å². The molecule has 7 heteroatoms. The van der Waals surface area contributed by atoms with Gasteiger partial charge >= 0.3 is 5.97 Å². The number of aliphatic imine (C=N–C) groups is 1. The van der Waals surface area contributed by atoms with Gasteiger partial charge in [-0.3, -0.25) is 0 Å². The number of halogens is 2. The van der Waals surface area contributed by atoms with E-state index in [9.17, 15) is 4.79 Å². The molecule has 0 unspecified atom stereocenters. The number of hydrogen-bond acceptors (Lipinski definition) is 5. The number of cyclic esters (lactones) is 1. The molecule has 0 bridgehead atoms. The largest absolute Gasteiger partial charge is 0.402 e. The van der Waals surface area contributed by atoms with Crippen molar-refractivity contribution < 1.29 is 14.1 Å². The highest BCUT2D eigenvalue weighted by Crippen LogP contribution is 2.30. The van der Waals surface area contributed by atoms with E-state index in [-0.39, 0.29) is 11.6 Å². The van der Waals surface area contributed by atoms with Crippen molar-refractivity contribution in [2.75, 3.05) is 0 Å². The van der Waals surface area contributed by atoms with Crippen LogP contribution in [0.15, 0.2) is 63.7 Å². The van der Waals surface area contributed by atoms with Gasteiger partial charge in [0.15, 0.2) is 5.70 Å². The Hall–Kier alpha value is -2.89. The van der Waals surface area contributed by atoms with Crippen molar-refractivity contribution >= 4 is 41.1 Å². The Labute approximate surface area is 164 Å². The molecular formula is C20H12Cl2N2O3. The van der Waals surface area contributed by atoms with Crippen molar-refractivity contribution in [3.8, 4) is 11.3 Å². The van der Waals surface area contributed by atoms with Crippen LogP contribution in [0, 0.1) is 6.92 Å². The summed E-state index contributed by atoms with van der Waals surface area (Å²) in [6, 6.07) is 14.5. The summed E-state index contributed by atoms with van der Waals surface area (Å²) < 4.78 is 10.7. The lowest BCUT2D eigenvalue weighted by atomic mass is 10.1. The summed E-state index contributed by atoms with van der Waals surface area (Å²) in [6.07, 6.45) is 1.59. The molecule has 2 heterocycles. The summed E-state index contributed by atoms with van der Waals surface area (Å²) in [5.74, 6) is 0.107. The zero-order valence-electron chi connectivity index (χ0n) is 14.1. The van der Waals surface area contributed by atoms with E-state index in [1.807, 2.05) is 30.3 Å². The van der Waals surface area contributed by atoms with Gasteiger partial charge in [-0.1, -0.05) is 64.8 Å². The predicted octanol–water partition coefficient (Wildman–Crippen LogP) is 5.30. The normalized spacial score (nSPS) is 15.1. The first kappa shape index (κ1) is 17.5. The van der Waals surface area contributed by atoms with Gasteiger partial charge in [-0.25, -0.2) is 9.79 Å². The lowest BCUT2D eigenvalue weighted by Crippen LogP contribution is -2.07. The summed E-state index contributed by atoms with van der Waals surface area (Å²) >= 11 is 11.9. The Morgan fingerprint density at radius 1 is 1.04 bits per heavy atom. The SMILES string of the molecule is Cc1onc(-c2ccccc2)c1C1=N/C(=C\c2ccc(Cl)c(Cl)c2)C(=O)O1. The fraction of sp³-hybridized carbons (Fsp3) is 0.0500. The molecule has 1 aromatic heterocycles. The highest BCUT2D eigenvalue weighted by atomic mass is 35.5. The van der Waals surface area contributed by atoms with Gasteiger partial charge in [0.05, 0.1) is 10.0 Å². The number of aromatic nitrogens is 1. The average molecular weight is 399 g/mol. The minimum atomic E-state index is -0.560. The summed E-state index contributed by atoms with van der Waals surface area (Å²) in [6.45, 7) is 1.74. The molecule has 0 amide bonds. The van der Waals surface area contributed by atoms with Crippen LogP contribution in [0.2, 0.25) is 10.0 Å². The number of carbonyl (C=O) groups is 1. The van der Waals surface area contributed by atoms with Crippen LogP contribution in [-0.4, -0.2) is 17.0 Å². The van der Waals surface area contributed by atoms with Crippen LogP contribution in [-0.2, 0) is 9.53 Å². The minimum absolute atomic E-state index is 0.156. The molecule has 27 heavy (non-hydrogen) atoms. The lowest BCUT2D eigenvalue weighted by Gasteiger charge is -2.01. The number of rotatable bonds is 3. The van der Waals surface area contributed by atoms with Crippen LogP contribution in [0.1, 0.15) is 16.9 Å². The molecule has 5 nitrogen and oxygen atoms in total. The average Bonchev–Trinajstić information content (AvgIpc) is 3.21. The summed E-state index contributed by atoms with van der Waals surface area (Å²) in [7, 11) is 0. The molecule has 0 spiro atoms. The third-order valence-corrected chi connectivity index (χ3v) is 4.73. The first-order valence-electron chi connectivity index (χ1n) is 8.02. The lowest BCUT2D eigenvalue weighted by molar-refractivity contribution is -0.129. The molecule has 2 aromatic carbocycles. The second-order valence-electron chi connectivity index (χ2n) is 5.84. The molecular weight excluding hydrogens is 387 g/mol. The quantitative estimate of drug-likeness (QED) is 0.443. The van der Waals surface area contributed by atoms with Crippen molar-refractivity contribution in [3.63, 3.8) is 0 Å². The first-order chi connectivity index (χ1) is 13.0. The third-order valence-electron chi connectivity index (χ3n) is 3.99. The number of aryl methyl sites for hydroxylation is 1. The molecule has 3 aromatic rings. The van der Waals surface area contributed by atoms with E-state index in [0.717, 1.165) is 5.56 Å². The summed E-state index contributed by atoms with van der Waals surface area (Å²) in [4.78, 5) is 16.6. The smallest absolute Gasteiger partial charge is 0.363 e. The van der Waals surface area contributed by atoms with E-state index in [4.69, 9.17) is 32.5 Å². The zero-order chi connectivity index (χ0) is 19.0. The van der Waals surface area contributed by atoms with Gasteiger partial charge in [0.1, 0.15) is 17.0 Å². The number of benzene rings is 2. The fourth-order valence-electron chi connectivity index (χ4n) is 2.69. The van der Waals surface area contributed by atoms with Gasteiger partial charge in [0, 0.05) is 5.56 Å². The number of ether oxygens (including phenoxy) is 1. The van der Waals surface area contributed by atoms with E-state index < -0.39 is 5.97 Å². The Morgan fingerprint density at radius 2 is 1.81 bits per heavy atom. The Balaban J connectivity index is 1.75. The third kappa shape index (κ3) is 3.39. The number of esters is 1. The molecule has 1 aliphatic rings. The molecule has 4 rings (SSSR count). The molecule has 1 aliphatic heterocycles. The first-order valence-corrected chi connectivity index (χ1v) is 8.78. The molecule has 0 radical (unpaired) electrons. The second kappa shape index (κ2) is 7.02. The molecule has 0 aliphatic carbocycles. The number of nitrogens with zero attached hydrogens (tertiary/aromatic N) is 2. The van der Waals surface area contributed by atoms with Gasteiger partial charge in [-0.15, -0.1) is 0 Å². The molecule has 0 fully saturated rings. The van der Waals surface area contributed by atoms with Gasteiger partial charge in [-0.2, -0.15) is 0 Å². The Kier molecular flexibility index (Phi) is 4.56. The maximum Gasteiger partial charge on any atom is 0.363 e. The van der Waals surface area contributed by atoms with Gasteiger partial charge in [0.2, 0.25) is 5.90 Å². The topological polar surface area (TPSA) is 64.7 Å². The second-order valence-corrected chi connectivity index (χ2v) is 6.65. The molecule has 0 saturated heterocycles.